The number of amides is 2. The summed E-state index contributed by atoms with van der Waals surface area (Å²) in [6.07, 6.45) is 0. The summed E-state index contributed by atoms with van der Waals surface area (Å²) in [4.78, 5) is 38.3. The number of hydrogen-bond acceptors (Lipinski definition) is 7. The number of esters is 1. The zero-order valence-electron chi connectivity index (χ0n) is 22.4. The Morgan fingerprint density at radius 1 is 0.976 bits per heavy atom. The summed E-state index contributed by atoms with van der Waals surface area (Å²) in [7, 11) is 0. The highest BCUT2D eigenvalue weighted by atomic mass is 79.9. The van der Waals surface area contributed by atoms with Crippen LogP contribution in [-0.2, 0) is 14.3 Å². The number of dihydropyridines is 1. The molecule has 8 nitrogen and oxygen atoms in total. The van der Waals surface area contributed by atoms with Crippen molar-refractivity contribution in [3.63, 3.8) is 0 Å². The van der Waals surface area contributed by atoms with E-state index in [9.17, 15) is 19.6 Å². The molecule has 0 unspecified atom stereocenters. The Labute approximate surface area is 251 Å². The number of nitrogens with zero attached hydrogens (tertiary/aromatic N) is 1. The number of nitrogens with one attached hydrogen (secondary N) is 3. The van der Waals surface area contributed by atoms with E-state index in [0.717, 1.165) is 10.0 Å². The van der Waals surface area contributed by atoms with Crippen molar-refractivity contribution in [3.05, 3.63) is 116 Å². The van der Waals surface area contributed by atoms with Gasteiger partial charge in [0.05, 0.1) is 40.5 Å². The predicted octanol–water partition coefficient (Wildman–Crippen LogP) is 6.33. The molecular weight excluding hydrogens is 604 g/mol. The average molecular weight is 632 g/mol. The molecule has 3 aromatic carbocycles. The van der Waals surface area contributed by atoms with Crippen LogP contribution in [0.2, 0.25) is 0 Å². The lowest BCUT2D eigenvalue weighted by molar-refractivity contribution is -0.114. The van der Waals surface area contributed by atoms with Gasteiger partial charge in [-0.2, -0.15) is 5.26 Å². The van der Waals surface area contributed by atoms with E-state index in [1.54, 1.807) is 50.2 Å². The lowest BCUT2D eigenvalue weighted by Crippen LogP contribution is -2.31. The molecule has 208 valence electrons. The van der Waals surface area contributed by atoms with Crippen LogP contribution in [0.4, 0.5) is 11.4 Å². The van der Waals surface area contributed by atoms with Gasteiger partial charge in [-0.25, -0.2) is 4.79 Å². The molecule has 2 amide bonds. The van der Waals surface area contributed by atoms with E-state index in [0.29, 0.717) is 38.8 Å². The Morgan fingerprint density at radius 3 is 2.24 bits per heavy atom. The van der Waals surface area contributed by atoms with Crippen LogP contribution < -0.4 is 16.0 Å². The van der Waals surface area contributed by atoms with Gasteiger partial charge in [0, 0.05) is 27.1 Å². The monoisotopic (exact) mass is 630 g/mol. The third-order valence-electron chi connectivity index (χ3n) is 6.15. The van der Waals surface area contributed by atoms with Crippen LogP contribution >= 0.6 is 27.7 Å². The molecule has 41 heavy (non-hydrogen) atoms. The molecule has 0 bridgehead atoms. The fourth-order valence-corrected chi connectivity index (χ4v) is 5.43. The fourth-order valence-electron chi connectivity index (χ4n) is 4.28. The van der Waals surface area contributed by atoms with Gasteiger partial charge in [0.25, 0.3) is 5.91 Å². The van der Waals surface area contributed by atoms with Gasteiger partial charge >= 0.3 is 5.97 Å². The highest BCUT2D eigenvalue weighted by Gasteiger charge is 2.34. The van der Waals surface area contributed by atoms with Crippen molar-refractivity contribution >= 4 is 56.9 Å². The van der Waals surface area contributed by atoms with Gasteiger partial charge in [-0.3, -0.25) is 9.59 Å². The molecule has 3 N–H and O–H groups in total. The number of rotatable bonds is 9. The largest absolute Gasteiger partial charge is 0.462 e. The lowest BCUT2D eigenvalue weighted by Gasteiger charge is -2.30. The Balaban J connectivity index is 1.57. The van der Waals surface area contributed by atoms with Crippen molar-refractivity contribution in [1.29, 1.82) is 5.26 Å². The van der Waals surface area contributed by atoms with Gasteiger partial charge in [0.1, 0.15) is 0 Å². The maximum absolute atomic E-state index is 13.6. The molecule has 0 spiro atoms. The summed E-state index contributed by atoms with van der Waals surface area (Å²) in [5, 5.41) is 19.7. The number of thioether (sulfide) groups is 1. The van der Waals surface area contributed by atoms with Gasteiger partial charge in [-0.05, 0) is 67.9 Å². The maximum Gasteiger partial charge on any atom is 0.338 e. The molecule has 0 saturated heterocycles. The quantitative estimate of drug-likeness (QED) is 0.236. The number of allylic oxidation sites excluding steroid dienone is 2. The van der Waals surface area contributed by atoms with Gasteiger partial charge in [0.2, 0.25) is 5.91 Å². The molecule has 0 radical (unpaired) electrons. The molecule has 10 heteroatoms. The summed E-state index contributed by atoms with van der Waals surface area (Å²) < 4.78 is 5.92. The van der Waals surface area contributed by atoms with E-state index >= 15 is 0 Å². The summed E-state index contributed by atoms with van der Waals surface area (Å²) in [5.74, 6) is -1.65. The predicted molar refractivity (Wildman–Crippen MR) is 164 cm³/mol. The lowest BCUT2D eigenvalue weighted by atomic mass is 9.82. The minimum atomic E-state index is -0.654. The molecule has 0 fully saturated rings. The summed E-state index contributed by atoms with van der Waals surface area (Å²) in [6, 6.07) is 25.2. The van der Waals surface area contributed by atoms with Gasteiger partial charge < -0.3 is 20.7 Å². The first kappa shape index (κ1) is 29.6. The second-order valence-corrected chi connectivity index (χ2v) is 10.9. The number of ether oxygens (including phenoxy) is 1. The Morgan fingerprint density at radius 2 is 1.61 bits per heavy atom. The van der Waals surface area contributed by atoms with Gasteiger partial charge in [0.15, 0.2) is 0 Å². The Kier molecular flexibility index (Phi) is 10.0. The molecule has 1 aliphatic heterocycles. The number of carbonyl (C=O) groups excluding carboxylic acids is 3. The number of hydrogen-bond donors (Lipinski definition) is 3. The number of anilines is 2. The molecule has 1 heterocycles. The van der Waals surface area contributed by atoms with E-state index in [4.69, 9.17) is 4.74 Å². The first-order chi connectivity index (χ1) is 19.8. The van der Waals surface area contributed by atoms with E-state index < -0.39 is 17.8 Å². The van der Waals surface area contributed by atoms with Crippen LogP contribution in [0.3, 0.4) is 0 Å². The molecule has 1 aliphatic rings. The summed E-state index contributed by atoms with van der Waals surface area (Å²) in [6.45, 7) is 3.77. The van der Waals surface area contributed by atoms with Crippen LogP contribution in [0.1, 0.15) is 35.7 Å². The van der Waals surface area contributed by atoms with Crippen molar-refractivity contribution in [2.24, 2.45) is 0 Å². The minimum absolute atomic E-state index is 0.0622. The standard InChI is InChI=1S/C31H27BrN4O4S/c1-3-40-31(39)21-9-13-24(14-10-21)36-29(38)27-19(2)34-30(25(17-33)28(27)20-7-5-4-6-8-20)41-18-26(37)35-23-15-11-22(32)12-16-23/h4-16,28,34H,3,18H2,1-2H3,(H,35,37)(H,36,38)/t28-/m1/s1. The summed E-state index contributed by atoms with van der Waals surface area (Å²) in [5.41, 5.74) is 3.58. The van der Waals surface area contributed by atoms with Gasteiger partial charge in [-0.15, -0.1) is 0 Å². The highest BCUT2D eigenvalue weighted by Crippen LogP contribution is 2.41. The first-order valence-corrected chi connectivity index (χ1v) is 14.5. The summed E-state index contributed by atoms with van der Waals surface area (Å²) >= 11 is 4.58. The third kappa shape index (κ3) is 7.45. The van der Waals surface area contributed by atoms with E-state index in [2.05, 4.69) is 37.9 Å². The minimum Gasteiger partial charge on any atom is -0.462 e. The zero-order valence-corrected chi connectivity index (χ0v) is 24.8. The maximum atomic E-state index is 13.6. The molecule has 0 aliphatic carbocycles. The first-order valence-electron chi connectivity index (χ1n) is 12.7. The van der Waals surface area contributed by atoms with Crippen molar-refractivity contribution in [2.45, 2.75) is 19.8 Å². The van der Waals surface area contributed by atoms with Gasteiger partial charge in [-0.1, -0.05) is 58.0 Å². The second kappa shape index (κ2) is 13.8. The molecular formula is C31H27BrN4O4S. The number of nitriles is 1. The molecule has 0 saturated carbocycles. The second-order valence-electron chi connectivity index (χ2n) is 8.96. The normalized spacial score (nSPS) is 14.5. The van der Waals surface area contributed by atoms with Crippen molar-refractivity contribution < 1.29 is 19.1 Å². The topological polar surface area (TPSA) is 120 Å². The van der Waals surface area contributed by atoms with Crippen LogP contribution in [0, 0.1) is 11.3 Å². The van der Waals surface area contributed by atoms with Crippen LogP contribution in [-0.4, -0.2) is 30.1 Å². The van der Waals surface area contributed by atoms with Crippen molar-refractivity contribution in [1.82, 2.24) is 5.32 Å². The van der Waals surface area contributed by atoms with Crippen molar-refractivity contribution in [2.75, 3.05) is 23.0 Å². The molecule has 0 aromatic heterocycles. The average Bonchev–Trinajstić information content (AvgIpc) is 2.97. The molecule has 4 rings (SSSR count). The number of benzene rings is 3. The third-order valence-corrected chi connectivity index (χ3v) is 7.70. The van der Waals surface area contributed by atoms with Crippen LogP contribution in [0.5, 0.6) is 0 Å². The zero-order chi connectivity index (χ0) is 29.4. The Hall–Kier alpha value is -4.33. The van der Waals surface area contributed by atoms with E-state index in [1.165, 1.54) is 11.8 Å². The van der Waals surface area contributed by atoms with Crippen molar-refractivity contribution in [3.8, 4) is 6.07 Å². The molecule has 3 aromatic rings. The fraction of sp³-hybridized carbons (Fsp3) is 0.161. The number of halogens is 1. The van der Waals surface area contributed by atoms with E-state index in [-0.39, 0.29) is 18.3 Å². The SMILES string of the molecule is CCOC(=O)c1ccc(NC(=O)C2=C(C)NC(SCC(=O)Nc3ccc(Br)cc3)=C(C#N)[C@H]2c2ccccc2)cc1. The number of carbonyl (C=O) groups is 3. The van der Waals surface area contributed by atoms with E-state index in [1.807, 2.05) is 42.5 Å². The molecule has 1 atom stereocenters. The van der Waals surface area contributed by atoms with Crippen LogP contribution in [0.25, 0.3) is 0 Å². The Bertz CT molecular complexity index is 1550. The van der Waals surface area contributed by atoms with Crippen LogP contribution in [0.15, 0.2) is 105 Å². The highest BCUT2D eigenvalue weighted by molar-refractivity contribution is 9.10. The smallest absolute Gasteiger partial charge is 0.338 e.